The molecule has 0 radical (unpaired) electrons. The molecule has 2 aromatic carbocycles. The zero-order valence-electron chi connectivity index (χ0n) is 30.0. The number of rotatable bonds is 12. The van der Waals surface area contributed by atoms with E-state index in [0.29, 0.717) is 54.4 Å². The summed E-state index contributed by atoms with van der Waals surface area (Å²) in [6.45, 7) is 3.61. The smallest absolute Gasteiger partial charge is 0.338 e. The van der Waals surface area contributed by atoms with E-state index < -0.39 is 30.1 Å². The molecule has 1 aromatic heterocycles. The Morgan fingerprint density at radius 3 is 2.26 bits per heavy atom. The third-order valence-corrected chi connectivity index (χ3v) is 10.9. The number of ketones is 1. The molecule has 1 saturated carbocycles. The van der Waals surface area contributed by atoms with Crippen molar-refractivity contribution in [3.63, 3.8) is 0 Å². The molecule has 1 aliphatic carbocycles. The predicted octanol–water partition coefficient (Wildman–Crippen LogP) is 5.54. The second kappa shape index (κ2) is 14.9. The first-order chi connectivity index (χ1) is 24.2. The van der Waals surface area contributed by atoms with Gasteiger partial charge >= 0.3 is 11.9 Å². The van der Waals surface area contributed by atoms with E-state index in [4.69, 9.17) is 33.2 Å². The molecule has 0 amide bonds. The molecule has 0 bridgehead atoms. The Morgan fingerprint density at radius 2 is 1.64 bits per heavy atom. The number of carbonyl (C=O) groups excluding carboxylic acids is 3. The molecule has 12 nitrogen and oxygen atoms in total. The highest BCUT2D eigenvalue weighted by atomic mass is 16.6. The Morgan fingerprint density at radius 1 is 0.920 bits per heavy atom. The van der Waals surface area contributed by atoms with E-state index in [-0.39, 0.29) is 29.2 Å². The summed E-state index contributed by atoms with van der Waals surface area (Å²) in [6.07, 6.45) is 2.78. The molecule has 0 unspecified atom stereocenters. The van der Waals surface area contributed by atoms with Crippen LogP contribution in [-0.4, -0.2) is 95.6 Å². The number of aromatic nitrogens is 1. The van der Waals surface area contributed by atoms with Crippen molar-refractivity contribution in [3.8, 4) is 23.0 Å². The maximum atomic E-state index is 13.7. The zero-order chi connectivity index (χ0) is 35.7. The highest BCUT2D eigenvalue weighted by Gasteiger charge is 2.54. The number of nitrogens with zero attached hydrogens (tertiary/aromatic N) is 1. The zero-order valence-corrected chi connectivity index (χ0v) is 30.0. The Hall–Kier alpha value is -4.29. The minimum atomic E-state index is -0.723. The van der Waals surface area contributed by atoms with Gasteiger partial charge in [0, 0.05) is 37.7 Å². The van der Waals surface area contributed by atoms with Crippen LogP contribution in [0.2, 0.25) is 0 Å². The number of benzene rings is 2. The fourth-order valence-electron chi connectivity index (χ4n) is 8.61. The number of H-pyrrole nitrogens is 1. The monoisotopic (exact) mass is 692 g/mol. The van der Waals surface area contributed by atoms with E-state index in [9.17, 15) is 14.4 Å². The Balaban J connectivity index is 1.32. The summed E-state index contributed by atoms with van der Waals surface area (Å²) < 4.78 is 39.5. The number of aromatic amines is 1. The Bertz CT molecular complexity index is 1730. The molecule has 2 fully saturated rings. The number of Topliss-reactive ketones (excluding diaryl/α,β-unsaturated/α-hetero) is 1. The van der Waals surface area contributed by atoms with Crippen molar-refractivity contribution >= 4 is 28.6 Å². The van der Waals surface area contributed by atoms with Crippen molar-refractivity contribution in [1.82, 2.24) is 9.88 Å². The van der Waals surface area contributed by atoms with E-state index in [1.54, 1.807) is 19.2 Å². The van der Waals surface area contributed by atoms with Gasteiger partial charge in [-0.15, -0.1) is 0 Å². The number of fused-ring (bicyclic) bond motifs is 6. The van der Waals surface area contributed by atoms with Gasteiger partial charge in [0.1, 0.15) is 18.0 Å². The van der Waals surface area contributed by atoms with Crippen molar-refractivity contribution in [2.24, 2.45) is 17.8 Å². The van der Waals surface area contributed by atoms with Crippen LogP contribution in [0.3, 0.4) is 0 Å². The molecule has 2 aliphatic heterocycles. The number of ether oxygens (including phenoxy) is 7. The van der Waals surface area contributed by atoms with Crippen LogP contribution in [0.15, 0.2) is 24.3 Å². The molecule has 1 saturated heterocycles. The average molecular weight is 693 g/mol. The van der Waals surface area contributed by atoms with Crippen LogP contribution in [-0.2, 0) is 25.4 Å². The molecule has 6 rings (SSSR count). The molecule has 270 valence electrons. The number of hydrogen-bond acceptors (Lipinski definition) is 11. The SMILES string of the molecule is CCCCC(=O)c1c(OC)ccc2c3c([nH]c12)[C@H]1C[C@H]2[C@H](C[C@@H](OC(=O)c4cc(OC)c(OC)c(OC)c4)[C@H](OC)[C@H]2C(=O)OC)CN1CC3. The van der Waals surface area contributed by atoms with Crippen LogP contribution in [0.1, 0.15) is 77.0 Å². The van der Waals surface area contributed by atoms with Gasteiger partial charge in [-0.2, -0.15) is 0 Å². The molecular weight excluding hydrogens is 644 g/mol. The highest BCUT2D eigenvalue weighted by Crippen LogP contribution is 2.51. The van der Waals surface area contributed by atoms with Crippen LogP contribution in [0, 0.1) is 17.8 Å². The quantitative estimate of drug-likeness (QED) is 0.189. The summed E-state index contributed by atoms with van der Waals surface area (Å²) in [5.41, 5.74) is 3.94. The lowest BCUT2D eigenvalue weighted by Gasteiger charge is -2.52. The van der Waals surface area contributed by atoms with E-state index >= 15 is 0 Å². The predicted molar refractivity (Wildman–Crippen MR) is 185 cm³/mol. The number of esters is 2. The first-order valence-electron chi connectivity index (χ1n) is 17.3. The van der Waals surface area contributed by atoms with Gasteiger partial charge in [-0.05, 0) is 67.3 Å². The summed E-state index contributed by atoms with van der Waals surface area (Å²) in [5, 5.41) is 1.05. The van der Waals surface area contributed by atoms with Crippen LogP contribution in [0.25, 0.3) is 10.9 Å². The van der Waals surface area contributed by atoms with Crippen molar-refractivity contribution < 1.29 is 47.5 Å². The standard InChI is InChI=1S/C38H48N2O10/c1-8-9-10-26(41)32-27(44-2)12-11-22-23-13-14-40-19-21-17-30(50-37(42)20-15-28(45-3)35(47-5)29(16-20)46-4)36(48-6)31(38(43)49-7)24(21)18-25(40)33(23)39-34(22)32/h11-12,15-16,21,24-25,30-31,36,39H,8-10,13-14,17-19H2,1-7H3/t21-,24+,25-,30-,31+,36+/m1/s1. The van der Waals surface area contributed by atoms with Gasteiger partial charge < -0.3 is 38.1 Å². The van der Waals surface area contributed by atoms with Crippen LogP contribution < -0.4 is 18.9 Å². The minimum Gasteiger partial charge on any atom is -0.496 e. The highest BCUT2D eigenvalue weighted by molar-refractivity contribution is 6.10. The third-order valence-electron chi connectivity index (χ3n) is 10.9. The maximum absolute atomic E-state index is 13.7. The van der Waals surface area contributed by atoms with Crippen molar-refractivity contribution in [2.45, 2.75) is 63.7 Å². The van der Waals surface area contributed by atoms with Crippen molar-refractivity contribution in [1.29, 1.82) is 0 Å². The molecule has 0 spiro atoms. The fraction of sp³-hybridized carbons (Fsp3) is 0.553. The van der Waals surface area contributed by atoms with Crippen LogP contribution in [0.4, 0.5) is 0 Å². The largest absolute Gasteiger partial charge is 0.496 e. The first-order valence-corrected chi connectivity index (χ1v) is 17.3. The summed E-state index contributed by atoms with van der Waals surface area (Å²) in [6, 6.07) is 7.04. The second-order valence-electron chi connectivity index (χ2n) is 13.4. The molecule has 3 aliphatic rings. The molecule has 6 atom stereocenters. The summed E-state index contributed by atoms with van der Waals surface area (Å²) in [7, 11) is 8.97. The lowest BCUT2D eigenvalue weighted by Crippen LogP contribution is -2.58. The van der Waals surface area contributed by atoms with E-state index in [1.165, 1.54) is 41.1 Å². The van der Waals surface area contributed by atoms with Gasteiger partial charge in [0.05, 0.1) is 64.2 Å². The lowest BCUT2D eigenvalue weighted by molar-refractivity contribution is -0.176. The molecular formula is C38H48N2O10. The third kappa shape index (κ3) is 6.17. The molecule has 3 aromatic rings. The van der Waals surface area contributed by atoms with Gasteiger partial charge in [-0.3, -0.25) is 14.5 Å². The lowest BCUT2D eigenvalue weighted by atomic mass is 9.63. The van der Waals surface area contributed by atoms with E-state index in [0.717, 1.165) is 42.4 Å². The molecule has 3 heterocycles. The van der Waals surface area contributed by atoms with Crippen molar-refractivity contribution in [3.05, 3.63) is 46.6 Å². The van der Waals surface area contributed by atoms with Gasteiger partial charge in [0.15, 0.2) is 17.3 Å². The second-order valence-corrected chi connectivity index (χ2v) is 13.4. The van der Waals surface area contributed by atoms with Crippen LogP contribution in [0.5, 0.6) is 23.0 Å². The summed E-state index contributed by atoms with van der Waals surface area (Å²) in [5.74, 6) is -0.0381. The first kappa shape index (κ1) is 35.5. The molecule has 50 heavy (non-hydrogen) atoms. The van der Waals surface area contributed by atoms with Crippen LogP contribution >= 0.6 is 0 Å². The van der Waals surface area contributed by atoms with E-state index in [1.807, 2.05) is 12.1 Å². The van der Waals surface area contributed by atoms with Gasteiger partial charge in [0.2, 0.25) is 5.75 Å². The van der Waals surface area contributed by atoms with Gasteiger partial charge in [-0.1, -0.05) is 13.3 Å². The maximum Gasteiger partial charge on any atom is 0.338 e. The summed E-state index contributed by atoms with van der Waals surface area (Å²) >= 11 is 0. The number of nitrogens with one attached hydrogen (secondary N) is 1. The molecule has 1 N–H and O–H groups in total. The Labute approximate surface area is 292 Å². The topological polar surface area (TPSA) is 135 Å². The number of hydrogen-bond donors (Lipinski definition) is 1. The van der Waals surface area contributed by atoms with Crippen molar-refractivity contribution in [2.75, 3.05) is 55.7 Å². The average Bonchev–Trinajstić information content (AvgIpc) is 3.53. The Kier molecular flexibility index (Phi) is 10.6. The summed E-state index contributed by atoms with van der Waals surface area (Å²) in [4.78, 5) is 46.8. The van der Waals surface area contributed by atoms with E-state index in [2.05, 4.69) is 16.8 Å². The number of carbonyl (C=O) groups is 3. The fourth-order valence-corrected chi connectivity index (χ4v) is 8.61. The molecule has 12 heteroatoms. The normalized spacial score (nSPS) is 24.4. The number of methoxy groups -OCH3 is 6. The number of unbranched alkanes of at least 4 members (excludes halogenated alkanes) is 1. The van der Waals surface area contributed by atoms with Gasteiger partial charge in [-0.25, -0.2) is 4.79 Å². The van der Waals surface area contributed by atoms with Gasteiger partial charge in [0.25, 0.3) is 0 Å². The minimum absolute atomic E-state index is 0.0000184. The number of piperidine rings is 1.